The van der Waals surface area contributed by atoms with Crippen LogP contribution in [0.5, 0.6) is 0 Å². The van der Waals surface area contributed by atoms with E-state index >= 15 is 0 Å². The van der Waals surface area contributed by atoms with Gasteiger partial charge < -0.3 is 4.90 Å². The fourth-order valence-corrected chi connectivity index (χ4v) is 4.98. The highest BCUT2D eigenvalue weighted by Crippen LogP contribution is 2.26. The summed E-state index contributed by atoms with van der Waals surface area (Å²) in [6, 6.07) is 12.1. The molecule has 0 spiro atoms. The quantitative estimate of drug-likeness (QED) is 0.579. The fourth-order valence-electron chi connectivity index (χ4n) is 3.36. The molecule has 0 aliphatic carbocycles. The molecule has 1 saturated heterocycles. The molecular formula is C19H20N2O5S. The Morgan fingerprint density at radius 3 is 2.59 bits per heavy atom. The Balaban J connectivity index is 1.83. The Morgan fingerprint density at radius 2 is 1.93 bits per heavy atom. The second-order valence-electron chi connectivity index (χ2n) is 6.65. The van der Waals surface area contributed by atoms with Crippen molar-refractivity contribution in [1.82, 2.24) is 4.90 Å². The predicted octanol–water partition coefficient (Wildman–Crippen LogP) is 2.98. The van der Waals surface area contributed by atoms with Crippen LogP contribution in [0.25, 0.3) is 0 Å². The summed E-state index contributed by atoms with van der Waals surface area (Å²) in [7, 11) is -3.52. The zero-order chi connectivity index (χ0) is 19.6. The Hall–Kier alpha value is -2.74. The Labute approximate surface area is 157 Å². The maximum absolute atomic E-state index is 12.9. The number of benzene rings is 2. The van der Waals surface area contributed by atoms with Crippen molar-refractivity contribution < 1.29 is 18.1 Å². The maximum atomic E-state index is 12.9. The van der Waals surface area contributed by atoms with Gasteiger partial charge in [-0.1, -0.05) is 24.3 Å². The number of nitro benzene ring substituents is 1. The molecule has 7 nitrogen and oxygen atoms in total. The molecule has 1 heterocycles. The van der Waals surface area contributed by atoms with E-state index in [-0.39, 0.29) is 27.8 Å². The minimum absolute atomic E-state index is 0.117. The van der Waals surface area contributed by atoms with Crippen LogP contribution in [-0.2, 0) is 9.84 Å². The molecule has 3 rings (SSSR count). The molecule has 0 radical (unpaired) electrons. The lowest BCUT2D eigenvalue weighted by molar-refractivity contribution is -0.385. The van der Waals surface area contributed by atoms with Crippen LogP contribution in [0.1, 0.15) is 28.8 Å². The van der Waals surface area contributed by atoms with Gasteiger partial charge in [0.2, 0.25) is 0 Å². The van der Waals surface area contributed by atoms with Crippen LogP contribution in [0, 0.1) is 17.0 Å². The molecule has 1 atom stereocenters. The Kier molecular flexibility index (Phi) is 5.27. The molecule has 1 aliphatic rings. The number of aryl methyl sites for hydroxylation is 1. The minimum atomic E-state index is -3.52. The van der Waals surface area contributed by atoms with E-state index < -0.39 is 20.8 Å². The van der Waals surface area contributed by atoms with Gasteiger partial charge in [-0.05, 0) is 38.0 Å². The smallest absolute Gasteiger partial charge is 0.273 e. The highest BCUT2D eigenvalue weighted by Gasteiger charge is 2.34. The molecule has 2 aromatic rings. The molecule has 1 aliphatic heterocycles. The van der Waals surface area contributed by atoms with Gasteiger partial charge in [0.15, 0.2) is 9.84 Å². The number of amides is 1. The van der Waals surface area contributed by atoms with Crippen molar-refractivity contribution in [2.45, 2.75) is 30.7 Å². The number of hydrogen-bond acceptors (Lipinski definition) is 5. The third-order valence-electron chi connectivity index (χ3n) is 4.80. The van der Waals surface area contributed by atoms with E-state index in [0.29, 0.717) is 24.9 Å². The molecule has 27 heavy (non-hydrogen) atoms. The lowest BCUT2D eigenvalue weighted by atomic mass is 10.1. The molecular weight excluding hydrogens is 368 g/mol. The summed E-state index contributed by atoms with van der Waals surface area (Å²) in [5, 5.41) is 11.1. The maximum Gasteiger partial charge on any atom is 0.273 e. The number of carbonyl (C=O) groups excluding carboxylic acids is 1. The van der Waals surface area contributed by atoms with E-state index in [1.54, 1.807) is 43.3 Å². The van der Waals surface area contributed by atoms with Crippen molar-refractivity contribution in [3.63, 3.8) is 0 Å². The summed E-state index contributed by atoms with van der Waals surface area (Å²) < 4.78 is 25.3. The zero-order valence-corrected chi connectivity index (χ0v) is 15.7. The van der Waals surface area contributed by atoms with E-state index in [0.717, 1.165) is 0 Å². The fraction of sp³-hybridized carbons (Fsp3) is 0.316. The molecule has 0 aromatic heterocycles. The summed E-state index contributed by atoms with van der Waals surface area (Å²) >= 11 is 0. The monoisotopic (exact) mass is 388 g/mol. The normalized spacial score (nSPS) is 17.1. The zero-order valence-electron chi connectivity index (χ0n) is 14.9. The Bertz CT molecular complexity index is 973. The second-order valence-corrected chi connectivity index (χ2v) is 8.68. The van der Waals surface area contributed by atoms with Crippen molar-refractivity contribution in [2.24, 2.45) is 0 Å². The minimum Gasteiger partial charge on any atom is -0.335 e. The van der Waals surface area contributed by atoms with E-state index in [1.165, 1.54) is 17.0 Å². The van der Waals surface area contributed by atoms with Gasteiger partial charge in [0.05, 0.1) is 15.6 Å². The van der Waals surface area contributed by atoms with Gasteiger partial charge >= 0.3 is 0 Å². The summed E-state index contributed by atoms with van der Waals surface area (Å²) in [4.78, 5) is 25.2. The number of nitrogens with zero attached hydrogens (tertiary/aromatic N) is 2. The summed E-state index contributed by atoms with van der Waals surface area (Å²) in [5.74, 6) is -0.527. The van der Waals surface area contributed by atoms with Crippen molar-refractivity contribution in [3.8, 4) is 0 Å². The van der Waals surface area contributed by atoms with E-state index in [4.69, 9.17) is 0 Å². The van der Waals surface area contributed by atoms with Crippen LogP contribution < -0.4 is 0 Å². The number of carbonyl (C=O) groups is 1. The molecule has 1 unspecified atom stereocenters. The highest BCUT2D eigenvalue weighted by atomic mass is 32.2. The van der Waals surface area contributed by atoms with Gasteiger partial charge in [-0.15, -0.1) is 0 Å². The number of sulfone groups is 1. The van der Waals surface area contributed by atoms with E-state index in [9.17, 15) is 23.3 Å². The lowest BCUT2D eigenvalue weighted by Gasteiger charge is -2.24. The molecule has 142 valence electrons. The summed E-state index contributed by atoms with van der Waals surface area (Å²) in [6.07, 6.45) is 1.29. The molecule has 1 fully saturated rings. The Morgan fingerprint density at radius 1 is 1.22 bits per heavy atom. The van der Waals surface area contributed by atoms with E-state index in [1.807, 2.05) is 0 Å². The number of rotatable bonds is 5. The van der Waals surface area contributed by atoms with Gasteiger partial charge in [0, 0.05) is 29.8 Å². The summed E-state index contributed by atoms with van der Waals surface area (Å²) in [5.41, 5.74) is 0.561. The van der Waals surface area contributed by atoms with Crippen LogP contribution in [0.15, 0.2) is 53.4 Å². The third kappa shape index (κ3) is 4.00. The van der Waals surface area contributed by atoms with Crippen molar-refractivity contribution >= 4 is 21.4 Å². The average molecular weight is 388 g/mol. The largest absolute Gasteiger partial charge is 0.335 e. The number of nitro groups is 1. The molecule has 0 saturated carbocycles. The molecule has 2 aromatic carbocycles. The first-order valence-corrected chi connectivity index (χ1v) is 10.3. The van der Waals surface area contributed by atoms with Crippen LogP contribution in [0.4, 0.5) is 5.69 Å². The van der Waals surface area contributed by atoms with Gasteiger partial charge in [-0.2, -0.15) is 0 Å². The topological polar surface area (TPSA) is 97.6 Å². The average Bonchev–Trinajstić information content (AvgIpc) is 3.09. The van der Waals surface area contributed by atoms with Crippen molar-refractivity contribution in [1.29, 1.82) is 0 Å². The SMILES string of the molecule is Cc1ccc(C(=O)N2CCCC2CS(=O)(=O)c2ccccc2)cc1[N+](=O)[O-]. The first-order valence-electron chi connectivity index (χ1n) is 8.63. The standard InChI is InChI=1S/C19H20N2O5S/c1-14-9-10-15(12-18(14)21(23)24)19(22)20-11-5-6-16(20)13-27(25,26)17-7-3-2-4-8-17/h2-4,7-10,12,16H,5-6,11,13H2,1H3. The van der Waals surface area contributed by atoms with Crippen molar-refractivity contribution in [2.75, 3.05) is 12.3 Å². The van der Waals surface area contributed by atoms with E-state index in [2.05, 4.69) is 0 Å². The van der Waals surface area contributed by atoms with Gasteiger partial charge in [-0.3, -0.25) is 14.9 Å². The summed E-state index contributed by atoms with van der Waals surface area (Å²) in [6.45, 7) is 2.05. The van der Waals surface area contributed by atoms with Gasteiger partial charge in [0.1, 0.15) is 0 Å². The second kappa shape index (κ2) is 7.48. The highest BCUT2D eigenvalue weighted by molar-refractivity contribution is 7.91. The number of likely N-dealkylation sites (tertiary alicyclic amines) is 1. The lowest BCUT2D eigenvalue weighted by Crippen LogP contribution is -2.39. The van der Waals surface area contributed by atoms with Gasteiger partial charge in [0.25, 0.3) is 11.6 Å². The van der Waals surface area contributed by atoms with Crippen LogP contribution >= 0.6 is 0 Å². The molecule has 1 amide bonds. The van der Waals surface area contributed by atoms with Crippen LogP contribution in [-0.4, -0.2) is 42.5 Å². The van der Waals surface area contributed by atoms with Crippen LogP contribution in [0.2, 0.25) is 0 Å². The first-order chi connectivity index (χ1) is 12.8. The number of hydrogen-bond donors (Lipinski definition) is 0. The molecule has 0 N–H and O–H groups in total. The van der Waals surface area contributed by atoms with Gasteiger partial charge in [-0.25, -0.2) is 8.42 Å². The predicted molar refractivity (Wildman–Crippen MR) is 100 cm³/mol. The molecule has 8 heteroatoms. The van der Waals surface area contributed by atoms with Crippen molar-refractivity contribution in [3.05, 3.63) is 69.8 Å². The first kappa shape index (κ1) is 19.0. The third-order valence-corrected chi connectivity index (χ3v) is 6.62. The van der Waals surface area contributed by atoms with Crippen LogP contribution in [0.3, 0.4) is 0 Å². The molecule has 0 bridgehead atoms.